The van der Waals surface area contributed by atoms with Crippen LogP contribution in [0, 0.1) is 5.82 Å². The number of anilines is 1. The Morgan fingerprint density at radius 2 is 1.81 bits per heavy atom. The maximum atomic E-state index is 13.7. The molecule has 0 fully saturated rings. The predicted molar refractivity (Wildman–Crippen MR) is 59.7 cm³/mol. The third kappa shape index (κ3) is 1.03. The number of carbonyl (C=O) groups is 1. The van der Waals surface area contributed by atoms with Gasteiger partial charge in [-0.2, -0.15) is 0 Å². The summed E-state index contributed by atoms with van der Waals surface area (Å²) in [5, 5.41) is 0. The van der Waals surface area contributed by atoms with Gasteiger partial charge < -0.3 is 5.73 Å². The highest BCUT2D eigenvalue weighted by Gasteiger charge is 2.28. The highest BCUT2D eigenvalue weighted by Crippen LogP contribution is 2.38. The number of fused-ring (bicyclic) bond motifs is 3. The lowest BCUT2D eigenvalue weighted by Crippen LogP contribution is -1.96. The van der Waals surface area contributed by atoms with E-state index in [1.54, 1.807) is 30.3 Å². The van der Waals surface area contributed by atoms with Crippen molar-refractivity contribution in [3.05, 3.63) is 53.3 Å². The lowest BCUT2D eigenvalue weighted by Gasteiger charge is -2.01. The number of benzene rings is 2. The molecule has 0 aliphatic heterocycles. The molecule has 3 heteroatoms. The summed E-state index contributed by atoms with van der Waals surface area (Å²) in [6, 6.07) is 9.50. The predicted octanol–water partition coefficient (Wildman–Crippen LogP) is 2.62. The van der Waals surface area contributed by atoms with Gasteiger partial charge >= 0.3 is 0 Å². The quantitative estimate of drug-likeness (QED) is 0.583. The average molecular weight is 213 g/mol. The SMILES string of the molecule is Nc1ccc2c(c1)C(=O)c1cccc(F)c1-2. The highest BCUT2D eigenvalue weighted by molar-refractivity contribution is 6.22. The number of ketones is 1. The first kappa shape index (κ1) is 9.09. The second-order valence-electron chi connectivity index (χ2n) is 3.80. The van der Waals surface area contributed by atoms with E-state index in [-0.39, 0.29) is 11.6 Å². The molecule has 0 atom stereocenters. The minimum Gasteiger partial charge on any atom is -0.399 e. The molecule has 0 spiro atoms. The van der Waals surface area contributed by atoms with Crippen LogP contribution in [0.25, 0.3) is 11.1 Å². The molecule has 0 amide bonds. The Hall–Kier alpha value is -2.16. The molecule has 2 aromatic carbocycles. The Bertz CT molecular complexity index is 619. The number of rotatable bonds is 0. The average Bonchev–Trinajstić information content (AvgIpc) is 2.55. The zero-order valence-electron chi connectivity index (χ0n) is 8.33. The normalized spacial score (nSPS) is 12.4. The second-order valence-corrected chi connectivity index (χ2v) is 3.80. The van der Waals surface area contributed by atoms with E-state index in [9.17, 15) is 9.18 Å². The molecular formula is C13H8FNO. The zero-order chi connectivity index (χ0) is 11.3. The van der Waals surface area contributed by atoms with E-state index in [0.717, 1.165) is 0 Å². The van der Waals surface area contributed by atoms with E-state index in [2.05, 4.69) is 0 Å². The summed E-state index contributed by atoms with van der Waals surface area (Å²) in [6.07, 6.45) is 0. The van der Waals surface area contributed by atoms with Crippen LogP contribution in [-0.4, -0.2) is 5.78 Å². The Morgan fingerprint density at radius 1 is 1.00 bits per heavy atom. The van der Waals surface area contributed by atoms with Crippen LogP contribution in [0.4, 0.5) is 10.1 Å². The van der Waals surface area contributed by atoms with Gasteiger partial charge in [0.05, 0.1) is 0 Å². The largest absolute Gasteiger partial charge is 0.399 e. The minimum atomic E-state index is -0.366. The van der Waals surface area contributed by atoms with Gasteiger partial charge in [-0.05, 0) is 23.8 Å². The minimum absolute atomic E-state index is 0.156. The molecule has 2 nitrogen and oxygen atoms in total. The fourth-order valence-electron chi connectivity index (χ4n) is 2.10. The number of carbonyl (C=O) groups excluding carboxylic acids is 1. The number of halogens is 1. The van der Waals surface area contributed by atoms with Crippen LogP contribution >= 0.6 is 0 Å². The Balaban J connectivity index is 2.41. The zero-order valence-corrected chi connectivity index (χ0v) is 8.33. The molecule has 2 N–H and O–H groups in total. The molecule has 0 heterocycles. The van der Waals surface area contributed by atoms with Crippen molar-refractivity contribution < 1.29 is 9.18 Å². The fraction of sp³-hybridized carbons (Fsp3) is 0. The van der Waals surface area contributed by atoms with E-state index in [1.165, 1.54) is 6.07 Å². The lowest BCUT2D eigenvalue weighted by atomic mass is 10.1. The van der Waals surface area contributed by atoms with Gasteiger partial charge in [0.25, 0.3) is 0 Å². The number of nitrogen functional groups attached to an aromatic ring is 1. The monoisotopic (exact) mass is 213 g/mol. The van der Waals surface area contributed by atoms with Gasteiger partial charge in [-0.15, -0.1) is 0 Å². The first-order valence-corrected chi connectivity index (χ1v) is 4.91. The molecule has 1 aliphatic rings. The number of hydrogen-bond acceptors (Lipinski definition) is 2. The van der Waals surface area contributed by atoms with Crippen molar-refractivity contribution in [1.82, 2.24) is 0 Å². The molecule has 78 valence electrons. The molecule has 0 radical (unpaired) electrons. The highest BCUT2D eigenvalue weighted by atomic mass is 19.1. The third-order valence-corrected chi connectivity index (χ3v) is 2.82. The van der Waals surface area contributed by atoms with E-state index in [1.807, 2.05) is 0 Å². The molecule has 2 aromatic rings. The molecule has 1 aliphatic carbocycles. The molecular weight excluding hydrogens is 205 g/mol. The van der Waals surface area contributed by atoms with E-state index >= 15 is 0 Å². The first-order valence-electron chi connectivity index (χ1n) is 4.91. The van der Waals surface area contributed by atoms with Gasteiger partial charge in [0, 0.05) is 22.4 Å². The van der Waals surface area contributed by atoms with Crippen molar-refractivity contribution in [2.45, 2.75) is 0 Å². The molecule has 16 heavy (non-hydrogen) atoms. The second kappa shape index (κ2) is 2.92. The van der Waals surface area contributed by atoms with Gasteiger partial charge in [-0.25, -0.2) is 4.39 Å². The molecule has 0 aromatic heterocycles. The van der Waals surface area contributed by atoms with Crippen LogP contribution in [-0.2, 0) is 0 Å². The van der Waals surface area contributed by atoms with Crippen LogP contribution in [0.15, 0.2) is 36.4 Å². The third-order valence-electron chi connectivity index (χ3n) is 2.82. The first-order chi connectivity index (χ1) is 7.68. The van der Waals surface area contributed by atoms with E-state index < -0.39 is 0 Å². The van der Waals surface area contributed by atoms with Crippen molar-refractivity contribution in [3.63, 3.8) is 0 Å². The maximum Gasteiger partial charge on any atom is 0.194 e. The summed E-state index contributed by atoms with van der Waals surface area (Å²) < 4.78 is 13.7. The van der Waals surface area contributed by atoms with Crippen molar-refractivity contribution >= 4 is 11.5 Å². The van der Waals surface area contributed by atoms with Gasteiger partial charge in [0.15, 0.2) is 5.78 Å². The van der Waals surface area contributed by atoms with Crippen molar-refractivity contribution in [2.75, 3.05) is 5.73 Å². The van der Waals surface area contributed by atoms with Crippen LogP contribution in [0.2, 0.25) is 0 Å². The van der Waals surface area contributed by atoms with Crippen molar-refractivity contribution in [2.24, 2.45) is 0 Å². The topological polar surface area (TPSA) is 43.1 Å². The van der Waals surface area contributed by atoms with Gasteiger partial charge in [-0.3, -0.25) is 4.79 Å². The summed E-state index contributed by atoms with van der Waals surface area (Å²) in [4.78, 5) is 12.0. The lowest BCUT2D eigenvalue weighted by molar-refractivity contribution is 0.104. The summed E-state index contributed by atoms with van der Waals surface area (Å²) in [6.45, 7) is 0. The summed E-state index contributed by atoms with van der Waals surface area (Å²) in [5.74, 6) is -0.522. The van der Waals surface area contributed by atoms with Crippen molar-refractivity contribution in [1.29, 1.82) is 0 Å². The Kier molecular flexibility index (Phi) is 1.66. The van der Waals surface area contributed by atoms with Crippen LogP contribution in [0.5, 0.6) is 0 Å². The fourth-order valence-corrected chi connectivity index (χ4v) is 2.10. The summed E-state index contributed by atoms with van der Waals surface area (Å²) in [5.41, 5.74) is 8.06. The van der Waals surface area contributed by atoms with Gasteiger partial charge in [0.2, 0.25) is 0 Å². The van der Waals surface area contributed by atoms with Crippen LogP contribution in [0.1, 0.15) is 15.9 Å². The standard InChI is InChI=1S/C13H8FNO/c14-11-3-1-2-9-12(11)8-5-4-7(15)6-10(8)13(9)16/h1-6H,15H2. The summed E-state index contributed by atoms with van der Waals surface area (Å²) in [7, 11) is 0. The molecule has 0 saturated carbocycles. The Labute approximate surface area is 91.5 Å². The maximum absolute atomic E-state index is 13.7. The van der Waals surface area contributed by atoms with Gasteiger partial charge in [0.1, 0.15) is 5.82 Å². The molecule has 0 unspecified atom stereocenters. The van der Waals surface area contributed by atoms with Crippen LogP contribution in [0.3, 0.4) is 0 Å². The van der Waals surface area contributed by atoms with E-state index in [0.29, 0.717) is 27.9 Å². The molecule has 0 bridgehead atoms. The smallest absolute Gasteiger partial charge is 0.194 e. The molecule has 3 rings (SSSR count). The van der Waals surface area contributed by atoms with Crippen LogP contribution < -0.4 is 5.73 Å². The van der Waals surface area contributed by atoms with E-state index in [4.69, 9.17) is 5.73 Å². The number of nitrogens with two attached hydrogens (primary N) is 1. The summed E-state index contributed by atoms with van der Waals surface area (Å²) >= 11 is 0. The number of hydrogen-bond donors (Lipinski definition) is 1. The molecule has 0 saturated heterocycles. The van der Waals surface area contributed by atoms with Gasteiger partial charge in [-0.1, -0.05) is 18.2 Å². The Morgan fingerprint density at radius 3 is 2.62 bits per heavy atom. The van der Waals surface area contributed by atoms with Crippen molar-refractivity contribution in [3.8, 4) is 11.1 Å².